The van der Waals surface area contributed by atoms with Gasteiger partial charge in [0.25, 0.3) is 0 Å². The van der Waals surface area contributed by atoms with Crippen LogP contribution in [0.3, 0.4) is 0 Å². The third-order valence-electron chi connectivity index (χ3n) is 3.42. The molecule has 2 atom stereocenters. The van der Waals surface area contributed by atoms with Gasteiger partial charge in [0.15, 0.2) is 0 Å². The van der Waals surface area contributed by atoms with Crippen LogP contribution in [0.5, 0.6) is 0 Å². The molecule has 0 radical (unpaired) electrons. The molecule has 0 aliphatic carbocycles. The Hall–Kier alpha value is -1.88. The van der Waals surface area contributed by atoms with Crippen LogP contribution >= 0.6 is 0 Å². The first-order chi connectivity index (χ1) is 9.59. The van der Waals surface area contributed by atoms with Crippen molar-refractivity contribution < 1.29 is 14.3 Å². The lowest BCUT2D eigenvalue weighted by Gasteiger charge is -2.24. The molecule has 5 nitrogen and oxygen atoms in total. The predicted octanol–water partition coefficient (Wildman–Crippen LogP) is 1.07. The van der Waals surface area contributed by atoms with E-state index in [4.69, 9.17) is 10.5 Å². The average Bonchev–Trinajstić information content (AvgIpc) is 2.94. The molecule has 108 valence electrons. The molecule has 5 heteroatoms. The predicted molar refractivity (Wildman–Crippen MR) is 74.6 cm³/mol. The zero-order valence-corrected chi connectivity index (χ0v) is 11.6. The second-order valence-electron chi connectivity index (χ2n) is 5.07. The first-order valence-corrected chi connectivity index (χ1v) is 6.86. The lowest BCUT2D eigenvalue weighted by molar-refractivity contribution is -0.154. The van der Waals surface area contributed by atoms with E-state index in [2.05, 4.69) is 0 Å². The van der Waals surface area contributed by atoms with E-state index in [1.807, 2.05) is 30.3 Å². The fraction of sp³-hybridized carbons (Fsp3) is 0.467. The third kappa shape index (κ3) is 3.36. The molecule has 1 aliphatic heterocycles. The van der Waals surface area contributed by atoms with Gasteiger partial charge >= 0.3 is 5.97 Å². The van der Waals surface area contributed by atoms with Crippen molar-refractivity contribution in [3.63, 3.8) is 0 Å². The fourth-order valence-electron chi connectivity index (χ4n) is 2.36. The van der Waals surface area contributed by atoms with Crippen molar-refractivity contribution in [1.82, 2.24) is 4.90 Å². The monoisotopic (exact) mass is 276 g/mol. The summed E-state index contributed by atoms with van der Waals surface area (Å²) in [6, 6.07) is 8.41. The molecule has 0 saturated carbocycles. The molecule has 0 spiro atoms. The molecular formula is C15H20N2O3. The van der Waals surface area contributed by atoms with Crippen molar-refractivity contribution in [2.75, 3.05) is 6.54 Å². The molecule has 0 aromatic heterocycles. The summed E-state index contributed by atoms with van der Waals surface area (Å²) in [5, 5.41) is 0. The number of ether oxygens (including phenoxy) is 1. The van der Waals surface area contributed by atoms with E-state index in [1.165, 1.54) is 4.90 Å². The zero-order chi connectivity index (χ0) is 14.5. The van der Waals surface area contributed by atoms with E-state index in [0.29, 0.717) is 13.0 Å². The van der Waals surface area contributed by atoms with Crippen LogP contribution in [0.25, 0.3) is 0 Å². The lowest BCUT2D eigenvalue weighted by atomic mass is 10.2. The van der Waals surface area contributed by atoms with Gasteiger partial charge in [-0.25, -0.2) is 4.79 Å². The smallest absolute Gasteiger partial charge is 0.329 e. The minimum Gasteiger partial charge on any atom is -0.459 e. The minimum absolute atomic E-state index is 0.191. The number of nitrogens with two attached hydrogens (primary N) is 1. The first-order valence-electron chi connectivity index (χ1n) is 6.86. The van der Waals surface area contributed by atoms with E-state index < -0.39 is 12.1 Å². The van der Waals surface area contributed by atoms with Crippen molar-refractivity contribution >= 4 is 11.9 Å². The molecule has 2 N–H and O–H groups in total. The summed E-state index contributed by atoms with van der Waals surface area (Å²) in [4.78, 5) is 25.6. The van der Waals surface area contributed by atoms with Crippen LogP contribution in [0, 0.1) is 0 Å². The van der Waals surface area contributed by atoms with Gasteiger partial charge in [0, 0.05) is 6.54 Å². The van der Waals surface area contributed by atoms with Crippen LogP contribution in [0.15, 0.2) is 30.3 Å². The van der Waals surface area contributed by atoms with Gasteiger partial charge in [0.2, 0.25) is 5.91 Å². The number of likely N-dealkylation sites (tertiary alicyclic amines) is 1. The van der Waals surface area contributed by atoms with Crippen molar-refractivity contribution in [2.24, 2.45) is 5.73 Å². The maximum Gasteiger partial charge on any atom is 0.329 e. The van der Waals surface area contributed by atoms with Crippen LogP contribution in [0.1, 0.15) is 25.3 Å². The van der Waals surface area contributed by atoms with Crippen molar-refractivity contribution in [3.8, 4) is 0 Å². The molecule has 1 aromatic carbocycles. The standard InChI is InChI=1S/C15H20N2O3/c1-11(16)14(18)17-9-5-8-13(17)15(19)20-10-12-6-3-2-4-7-12/h2-4,6-7,11,13H,5,8-10,16H2,1H3/t11-,13+/m1/s1. The van der Waals surface area contributed by atoms with E-state index in [0.717, 1.165) is 12.0 Å². The Morgan fingerprint density at radius 2 is 2.10 bits per heavy atom. The van der Waals surface area contributed by atoms with Crippen LogP contribution in [-0.2, 0) is 20.9 Å². The minimum atomic E-state index is -0.586. The molecule has 0 unspecified atom stereocenters. The number of esters is 1. The number of carbonyl (C=O) groups is 2. The van der Waals surface area contributed by atoms with Crippen molar-refractivity contribution in [3.05, 3.63) is 35.9 Å². The third-order valence-corrected chi connectivity index (χ3v) is 3.42. The molecule has 1 saturated heterocycles. The largest absolute Gasteiger partial charge is 0.459 e. The van der Waals surface area contributed by atoms with Crippen molar-refractivity contribution in [1.29, 1.82) is 0 Å². The molecule has 1 amide bonds. The van der Waals surface area contributed by atoms with Gasteiger partial charge < -0.3 is 15.4 Å². The van der Waals surface area contributed by atoms with Crippen molar-refractivity contribution in [2.45, 2.75) is 38.5 Å². The zero-order valence-electron chi connectivity index (χ0n) is 11.6. The molecule has 0 bridgehead atoms. The van der Waals surface area contributed by atoms with Crippen LogP contribution in [-0.4, -0.2) is 35.4 Å². The summed E-state index contributed by atoms with van der Waals surface area (Å²) in [6.07, 6.45) is 1.45. The maximum atomic E-state index is 12.1. The van der Waals surface area contributed by atoms with Crippen LogP contribution in [0.4, 0.5) is 0 Å². The first kappa shape index (κ1) is 14.5. The van der Waals surface area contributed by atoms with Gasteiger partial charge in [-0.3, -0.25) is 4.79 Å². The number of hydrogen-bond donors (Lipinski definition) is 1. The SMILES string of the molecule is C[C@@H](N)C(=O)N1CCC[C@H]1C(=O)OCc1ccccc1. The topological polar surface area (TPSA) is 72.6 Å². The Bertz CT molecular complexity index is 473. The molecular weight excluding hydrogens is 256 g/mol. The van der Waals surface area contributed by atoms with E-state index in [9.17, 15) is 9.59 Å². The van der Waals surface area contributed by atoms with Gasteiger partial charge in [0.05, 0.1) is 6.04 Å². The number of amides is 1. The number of nitrogens with zero attached hydrogens (tertiary/aromatic N) is 1. The van der Waals surface area contributed by atoms with Gasteiger partial charge in [-0.1, -0.05) is 30.3 Å². The highest BCUT2D eigenvalue weighted by Crippen LogP contribution is 2.19. The summed E-state index contributed by atoms with van der Waals surface area (Å²) >= 11 is 0. The summed E-state index contributed by atoms with van der Waals surface area (Å²) in [5.41, 5.74) is 6.53. The summed E-state index contributed by atoms with van der Waals surface area (Å²) in [6.45, 7) is 2.44. The molecule has 2 rings (SSSR count). The Morgan fingerprint density at radius 3 is 2.75 bits per heavy atom. The van der Waals surface area contributed by atoms with E-state index >= 15 is 0 Å². The lowest BCUT2D eigenvalue weighted by Crippen LogP contribution is -2.47. The Kier molecular flexibility index (Phi) is 4.74. The van der Waals surface area contributed by atoms with Gasteiger partial charge in [-0.15, -0.1) is 0 Å². The normalized spacial score (nSPS) is 19.7. The molecule has 1 aromatic rings. The Balaban J connectivity index is 1.93. The molecule has 20 heavy (non-hydrogen) atoms. The summed E-state index contributed by atoms with van der Waals surface area (Å²) < 4.78 is 5.30. The van der Waals surface area contributed by atoms with Gasteiger partial charge in [-0.05, 0) is 25.3 Å². The second kappa shape index (κ2) is 6.52. The fourth-order valence-corrected chi connectivity index (χ4v) is 2.36. The highest BCUT2D eigenvalue weighted by molar-refractivity contribution is 5.87. The van der Waals surface area contributed by atoms with Crippen LogP contribution in [0.2, 0.25) is 0 Å². The van der Waals surface area contributed by atoms with Gasteiger partial charge in [0.1, 0.15) is 12.6 Å². The molecule has 1 fully saturated rings. The Labute approximate surface area is 118 Å². The van der Waals surface area contributed by atoms with Gasteiger partial charge in [-0.2, -0.15) is 0 Å². The van der Waals surface area contributed by atoms with E-state index in [-0.39, 0.29) is 18.5 Å². The van der Waals surface area contributed by atoms with Crippen LogP contribution < -0.4 is 5.73 Å². The number of hydrogen-bond acceptors (Lipinski definition) is 4. The number of carbonyl (C=O) groups excluding carboxylic acids is 2. The average molecular weight is 276 g/mol. The maximum absolute atomic E-state index is 12.1. The molecule has 1 aliphatic rings. The van der Waals surface area contributed by atoms with E-state index in [1.54, 1.807) is 6.92 Å². The number of rotatable bonds is 4. The second-order valence-corrected chi connectivity index (χ2v) is 5.07. The highest BCUT2D eigenvalue weighted by atomic mass is 16.5. The summed E-state index contributed by atoms with van der Waals surface area (Å²) in [7, 11) is 0. The molecule has 1 heterocycles. The summed E-state index contributed by atoms with van der Waals surface area (Å²) in [5.74, 6) is -0.537. The quantitative estimate of drug-likeness (QED) is 0.835. The Morgan fingerprint density at radius 1 is 1.40 bits per heavy atom. The number of benzene rings is 1. The highest BCUT2D eigenvalue weighted by Gasteiger charge is 2.36.